The molecule has 0 saturated heterocycles. The summed E-state index contributed by atoms with van der Waals surface area (Å²) in [6.45, 7) is 4.81. The number of benzene rings is 2. The number of hydrogen-bond acceptors (Lipinski definition) is 6. The minimum atomic E-state index is -1.09. The molecule has 136 valence electrons. The first-order valence-electron chi connectivity index (χ1n) is 8.06. The van der Waals surface area contributed by atoms with E-state index in [2.05, 4.69) is 0 Å². The highest BCUT2D eigenvalue weighted by Gasteiger charge is 2.30. The Balaban J connectivity index is 2.41. The molecule has 0 aliphatic heterocycles. The van der Waals surface area contributed by atoms with Crippen LogP contribution in [0.2, 0.25) is 0 Å². The molecule has 0 amide bonds. The van der Waals surface area contributed by atoms with Crippen molar-refractivity contribution in [2.45, 2.75) is 27.4 Å². The van der Waals surface area contributed by atoms with Gasteiger partial charge in [-0.2, -0.15) is 0 Å². The van der Waals surface area contributed by atoms with Crippen molar-refractivity contribution in [1.29, 1.82) is 0 Å². The van der Waals surface area contributed by atoms with E-state index in [0.717, 1.165) is 12.5 Å². The lowest BCUT2D eigenvalue weighted by Crippen LogP contribution is -2.18. The second-order valence-corrected chi connectivity index (χ2v) is 5.51. The molecule has 26 heavy (non-hydrogen) atoms. The molecule has 0 heterocycles. The van der Waals surface area contributed by atoms with Crippen molar-refractivity contribution < 1.29 is 28.8 Å². The van der Waals surface area contributed by atoms with Gasteiger partial charge < -0.3 is 9.47 Å². The van der Waals surface area contributed by atoms with Crippen LogP contribution < -0.4 is 9.47 Å². The molecule has 7 nitrogen and oxygen atoms in total. The van der Waals surface area contributed by atoms with E-state index in [0.29, 0.717) is 5.56 Å². The van der Waals surface area contributed by atoms with Gasteiger partial charge in [-0.3, -0.25) is 4.79 Å². The summed E-state index contributed by atoms with van der Waals surface area (Å²) >= 11 is 0. The first kappa shape index (κ1) is 19.1. The van der Waals surface area contributed by atoms with Gasteiger partial charge in [0.1, 0.15) is 6.61 Å². The van der Waals surface area contributed by atoms with Crippen molar-refractivity contribution >= 4 is 17.4 Å². The number of hydrogen-bond donors (Lipinski definition) is 0. The van der Waals surface area contributed by atoms with Crippen LogP contribution in [0.3, 0.4) is 0 Å². The third-order valence-corrected chi connectivity index (χ3v) is 3.34. The second-order valence-electron chi connectivity index (χ2n) is 5.51. The van der Waals surface area contributed by atoms with Crippen LogP contribution >= 0.6 is 0 Å². The van der Waals surface area contributed by atoms with Crippen LogP contribution in [0.25, 0.3) is 0 Å². The lowest BCUT2D eigenvalue weighted by molar-refractivity contribution is -0.744. The molecule has 0 unspecified atom stereocenters. The van der Waals surface area contributed by atoms with Crippen LogP contribution in [0.4, 0.5) is 5.69 Å². The number of carbonyl (C=O) groups is 2. The van der Waals surface area contributed by atoms with Gasteiger partial charge in [0.2, 0.25) is 5.78 Å². The summed E-state index contributed by atoms with van der Waals surface area (Å²) in [5, 5.41) is 0. The summed E-state index contributed by atoms with van der Waals surface area (Å²) in [6.07, 6.45) is 0. The van der Waals surface area contributed by atoms with E-state index < -0.39 is 11.8 Å². The molecule has 2 aromatic rings. The minimum absolute atomic E-state index is 0.0514. The Hall–Kier alpha value is -3.22. The quantitative estimate of drug-likeness (QED) is 0.311. The van der Waals surface area contributed by atoms with Gasteiger partial charge in [-0.1, -0.05) is 30.3 Å². The van der Waals surface area contributed by atoms with E-state index in [1.807, 2.05) is 30.3 Å². The molecular weight excluding hydrogens is 338 g/mol. The predicted octanol–water partition coefficient (Wildman–Crippen LogP) is 3.43. The molecule has 0 bridgehead atoms. The first-order chi connectivity index (χ1) is 12.4. The Morgan fingerprint density at radius 2 is 1.81 bits per heavy atom. The first-order valence-corrected chi connectivity index (χ1v) is 8.06. The lowest BCUT2D eigenvalue weighted by Gasteiger charge is -2.12. The lowest BCUT2D eigenvalue weighted by atomic mass is 10.2. The molecule has 0 aliphatic rings. The Labute approximate surface area is 151 Å². The molecule has 0 spiro atoms. The van der Waals surface area contributed by atoms with Crippen LogP contribution in [-0.2, 0) is 21.0 Å². The summed E-state index contributed by atoms with van der Waals surface area (Å²) < 4.78 is 10.9. The molecule has 7 heteroatoms. The van der Waals surface area contributed by atoms with E-state index in [-0.39, 0.29) is 35.3 Å². The van der Waals surface area contributed by atoms with Gasteiger partial charge >= 0.3 is 11.7 Å². The highest BCUT2D eigenvalue weighted by molar-refractivity contribution is 6.33. The fourth-order valence-corrected chi connectivity index (χ4v) is 2.15. The van der Waals surface area contributed by atoms with Crippen molar-refractivity contribution in [3.05, 3.63) is 58.5 Å². The molecule has 0 radical (unpaired) electrons. The molecule has 0 saturated carbocycles. The van der Waals surface area contributed by atoms with Crippen LogP contribution in [0.15, 0.2) is 42.5 Å². The number of esters is 1. The van der Waals surface area contributed by atoms with Crippen LogP contribution in [0.1, 0.15) is 25.0 Å². The summed E-state index contributed by atoms with van der Waals surface area (Å²) in [7, 11) is 0. The maximum atomic E-state index is 12.2. The van der Waals surface area contributed by atoms with Crippen molar-refractivity contribution in [3.63, 3.8) is 0 Å². The summed E-state index contributed by atoms with van der Waals surface area (Å²) in [6, 6.07) is 12.5. The molecule has 0 fully saturated rings. The fraction of sp³-hybridized carbons (Fsp3) is 0.263. The summed E-state index contributed by atoms with van der Waals surface area (Å²) in [4.78, 5) is 40.4. The zero-order valence-electron chi connectivity index (χ0n) is 14.9. The zero-order chi connectivity index (χ0) is 19.1. The Morgan fingerprint density at radius 3 is 2.42 bits per heavy atom. The van der Waals surface area contributed by atoms with Gasteiger partial charge in [-0.15, -0.1) is 0 Å². The predicted molar refractivity (Wildman–Crippen MR) is 93.2 cm³/mol. The molecule has 0 aliphatic carbocycles. The summed E-state index contributed by atoms with van der Waals surface area (Å²) in [5.41, 5.74) is 1.54. The van der Waals surface area contributed by atoms with Gasteiger partial charge in [0.25, 0.3) is 10.7 Å². The van der Waals surface area contributed by atoms with Gasteiger partial charge in [0.15, 0.2) is 12.4 Å². The van der Waals surface area contributed by atoms with E-state index in [1.165, 1.54) is 6.07 Å². The standard InChI is InChI=1S/C19H20NO6/c1-4-25-20(23)16-10-13(2)11-17(18(16)26-19(22)14(3)21)24-12-15-8-6-5-7-9-15/h5-11H,4,12H2,1-3H3/q+1. The molecule has 0 atom stereocenters. The van der Waals surface area contributed by atoms with Crippen molar-refractivity contribution in [2.75, 3.05) is 6.61 Å². The van der Waals surface area contributed by atoms with E-state index in [9.17, 15) is 14.5 Å². The molecule has 0 N–H and O–H groups in total. The highest BCUT2D eigenvalue weighted by atomic mass is 16.8. The van der Waals surface area contributed by atoms with Crippen molar-refractivity contribution in [3.8, 4) is 11.5 Å². The Morgan fingerprint density at radius 1 is 1.12 bits per heavy atom. The fourth-order valence-electron chi connectivity index (χ4n) is 2.15. The van der Waals surface area contributed by atoms with Crippen molar-refractivity contribution in [1.82, 2.24) is 0 Å². The molecule has 2 rings (SSSR count). The number of Topliss-reactive ketones (excluding diaryl/α,β-unsaturated/α-hetero) is 1. The smallest absolute Gasteiger partial charge is 0.380 e. The number of ether oxygens (including phenoxy) is 2. The molecular formula is C19H20NO6+. The Kier molecular flexibility index (Phi) is 6.43. The second kappa shape index (κ2) is 8.75. The SMILES string of the molecule is CCO[N+](=O)c1cc(C)cc(OCc2ccccc2)c1OC(=O)C(C)=O. The Bertz CT molecular complexity index is 816. The van der Waals surface area contributed by atoms with Gasteiger partial charge in [-0.05, 0) is 31.0 Å². The van der Waals surface area contributed by atoms with Crippen molar-refractivity contribution in [2.24, 2.45) is 0 Å². The minimum Gasteiger partial charge on any atom is -0.485 e. The number of carbonyl (C=O) groups excluding carboxylic acids is 2. The van der Waals surface area contributed by atoms with Crippen LogP contribution in [0.5, 0.6) is 11.5 Å². The summed E-state index contributed by atoms with van der Waals surface area (Å²) in [5.74, 6) is -1.88. The number of aryl methyl sites for hydroxylation is 1. The number of nitrogens with zero attached hydrogens (tertiary/aromatic N) is 1. The largest absolute Gasteiger partial charge is 0.485 e. The highest BCUT2D eigenvalue weighted by Crippen LogP contribution is 2.39. The van der Waals surface area contributed by atoms with Gasteiger partial charge in [0, 0.05) is 13.0 Å². The third kappa shape index (κ3) is 4.89. The average Bonchev–Trinajstić information content (AvgIpc) is 2.62. The van der Waals surface area contributed by atoms with Gasteiger partial charge in [0.05, 0.1) is 4.91 Å². The number of ketones is 1. The molecule has 2 aromatic carbocycles. The third-order valence-electron chi connectivity index (χ3n) is 3.34. The molecule has 0 aromatic heterocycles. The zero-order valence-corrected chi connectivity index (χ0v) is 14.9. The van der Waals surface area contributed by atoms with Crippen LogP contribution in [-0.4, -0.2) is 23.3 Å². The van der Waals surface area contributed by atoms with E-state index in [4.69, 9.17) is 14.3 Å². The maximum Gasteiger partial charge on any atom is 0.380 e. The van der Waals surface area contributed by atoms with E-state index in [1.54, 1.807) is 19.9 Å². The average molecular weight is 358 g/mol. The topological polar surface area (TPSA) is 81.9 Å². The number of rotatable bonds is 8. The maximum absolute atomic E-state index is 12.2. The van der Waals surface area contributed by atoms with Crippen LogP contribution in [0, 0.1) is 11.8 Å². The monoisotopic (exact) mass is 358 g/mol. The van der Waals surface area contributed by atoms with E-state index >= 15 is 0 Å². The normalized spacial score (nSPS) is 10.1. The van der Waals surface area contributed by atoms with Gasteiger partial charge in [-0.25, -0.2) is 9.63 Å².